The van der Waals surface area contributed by atoms with Crippen LogP contribution in [0.3, 0.4) is 0 Å². The number of carbonyl (C=O) groups excluding carboxylic acids is 1. The third-order valence-electron chi connectivity index (χ3n) is 2.61. The number of hydrogen-bond donors (Lipinski definition) is 2. The number of amides is 1. The van der Waals surface area contributed by atoms with Crippen molar-refractivity contribution in [2.24, 2.45) is 5.41 Å². The van der Waals surface area contributed by atoms with Gasteiger partial charge in [0.2, 0.25) is 15.9 Å². The summed E-state index contributed by atoms with van der Waals surface area (Å²) in [7, 11) is -3.34. The van der Waals surface area contributed by atoms with Gasteiger partial charge >= 0.3 is 0 Å². The molecule has 0 aliphatic rings. The number of hydrogen-bond acceptors (Lipinski definition) is 4. The quantitative estimate of drug-likeness (QED) is 0.731. The van der Waals surface area contributed by atoms with E-state index in [0.717, 1.165) is 6.26 Å². The minimum atomic E-state index is -3.34. The highest BCUT2D eigenvalue weighted by atomic mass is 32.2. The summed E-state index contributed by atoms with van der Waals surface area (Å²) in [5.74, 6) is -0.393. The molecule has 1 amide bonds. The maximum atomic E-state index is 11.8. The molecule has 0 saturated heterocycles. The average molecular weight is 275 g/mol. The molecule has 0 aromatic heterocycles. The van der Waals surface area contributed by atoms with Gasteiger partial charge in [0.15, 0.2) is 0 Å². The summed E-state index contributed by atoms with van der Waals surface area (Å²) < 4.78 is 24.7. The fourth-order valence-corrected chi connectivity index (χ4v) is 2.40. The first-order chi connectivity index (χ1) is 7.96. The molecule has 0 heterocycles. The molecule has 0 saturated carbocycles. The van der Waals surface area contributed by atoms with Crippen LogP contribution < -0.4 is 10.0 Å². The number of sulfonamides is 1. The summed E-state index contributed by atoms with van der Waals surface area (Å²) in [4.78, 5) is 11.8. The van der Waals surface area contributed by atoms with Crippen molar-refractivity contribution in [2.75, 3.05) is 12.8 Å². The van der Waals surface area contributed by atoms with Crippen LogP contribution in [0.4, 0.5) is 0 Å². The Labute approximate surface area is 109 Å². The number of nitriles is 1. The van der Waals surface area contributed by atoms with Gasteiger partial charge in [0.05, 0.1) is 12.3 Å². The molecule has 0 fully saturated rings. The van der Waals surface area contributed by atoms with Crippen LogP contribution in [0.15, 0.2) is 0 Å². The normalized spacial score (nSPS) is 15.6. The fourth-order valence-electron chi connectivity index (χ4n) is 1.32. The van der Waals surface area contributed by atoms with Crippen molar-refractivity contribution in [2.45, 2.75) is 39.7 Å². The molecule has 7 heteroatoms. The largest absolute Gasteiger partial charge is 0.353 e. The third-order valence-corrected chi connectivity index (χ3v) is 3.53. The van der Waals surface area contributed by atoms with E-state index in [1.807, 2.05) is 6.07 Å². The van der Waals surface area contributed by atoms with E-state index in [9.17, 15) is 13.2 Å². The first kappa shape index (κ1) is 16.9. The van der Waals surface area contributed by atoms with Gasteiger partial charge in [-0.05, 0) is 27.2 Å². The lowest BCUT2D eigenvalue weighted by molar-refractivity contribution is -0.127. The zero-order valence-corrected chi connectivity index (χ0v) is 12.3. The number of nitrogens with one attached hydrogen (secondary N) is 2. The van der Waals surface area contributed by atoms with Crippen molar-refractivity contribution in [3.8, 4) is 6.07 Å². The van der Waals surface area contributed by atoms with Gasteiger partial charge in [-0.3, -0.25) is 4.79 Å². The molecule has 0 spiro atoms. The zero-order valence-electron chi connectivity index (χ0n) is 11.5. The van der Waals surface area contributed by atoms with Crippen molar-refractivity contribution < 1.29 is 13.2 Å². The van der Waals surface area contributed by atoms with Crippen LogP contribution in [0.2, 0.25) is 0 Å². The molecule has 0 aromatic carbocycles. The second-order valence-electron chi connectivity index (χ2n) is 5.24. The molecule has 6 nitrogen and oxygen atoms in total. The second kappa shape index (κ2) is 5.67. The van der Waals surface area contributed by atoms with E-state index >= 15 is 0 Å². The Kier molecular flexibility index (Phi) is 5.32. The van der Waals surface area contributed by atoms with Gasteiger partial charge < -0.3 is 5.32 Å². The van der Waals surface area contributed by atoms with Crippen LogP contribution in [0, 0.1) is 16.7 Å². The zero-order chi connectivity index (χ0) is 14.6. The van der Waals surface area contributed by atoms with Gasteiger partial charge in [0.25, 0.3) is 0 Å². The van der Waals surface area contributed by atoms with Crippen LogP contribution >= 0.6 is 0 Å². The summed E-state index contributed by atoms with van der Waals surface area (Å²) in [5, 5.41) is 11.5. The van der Waals surface area contributed by atoms with Crippen molar-refractivity contribution >= 4 is 15.9 Å². The van der Waals surface area contributed by atoms with Crippen LogP contribution in [0.1, 0.15) is 34.1 Å². The molecule has 0 aromatic rings. The fraction of sp³-hybridized carbons (Fsp3) is 0.818. The standard InChI is InChI=1S/C11H21N3O3S/c1-6-11(4,7-12)9(15)13-8-10(2,3)14-18(5,16)17/h14H,6,8H2,1-5H3,(H,13,15). The first-order valence-electron chi connectivity index (χ1n) is 5.64. The minimum Gasteiger partial charge on any atom is -0.353 e. The van der Waals surface area contributed by atoms with E-state index in [1.54, 1.807) is 27.7 Å². The highest BCUT2D eigenvalue weighted by Crippen LogP contribution is 2.19. The van der Waals surface area contributed by atoms with Crippen LogP contribution in [0.25, 0.3) is 0 Å². The van der Waals surface area contributed by atoms with Gasteiger partial charge in [-0.2, -0.15) is 5.26 Å². The molecule has 0 aliphatic heterocycles. The summed E-state index contributed by atoms with van der Waals surface area (Å²) in [6.45, 7) is 6.74. The molecule has 104 valence electrons. The molecular formula is C11H21N3O3S. The van der Waals surface area contributed by atoms with E-state index in [0.29, 0.717) is 6.42 Å². The van der Waals surface area contributed by atoms with Crippen molar-refractivity contribution in [1.29, 1.82) is 5.26 Å². The number of rotatable bonds is 6. The lowest BCUT2D eigenvalue weighted by Crippen LogP contribution is -2.52. The number of nitrogens with zero attached hydrogens (tertiary/aromatic N) is 1. The molecule has 1 unspecified atom stereocenters. The Morgan fingerprint density at radius 1 is 1.33 bits per heavy atom. The van der Waals surface area contributed by atoms with Crippen molar-refractivity contribution in [3.05, 3.63) is 0 Å². The SMILES string of the molecule is CCC(C)(C#N)C(=O)NCC(C)(C)NS(C)(=O)=O. The second-order valence-corrected chi connectivity index (χ2v) is 6.99. The van der Waals surface area contributed by atoms with Crippen molar-refractivity contribution in [3.63, 3.8) is 0 Å². The molecule has 18 heavy (non-hydrogen) atoms. The molecule has 0 aliphatic carbocycles. The lowest BCUT2D eigenvalue weighted by Gasteiger charge is -2.27. The highest BCUT2D eigenvalue weighted by molar-refractivity contribution is 7.88. The van der Waals surface area contributed by atoms with Crippen LogP contribution in [-0.4, -0.2) is 32.7 Å². The number of carbonyl (C=O) groups is 1. The predicted molar refractivity (Wildman–Crippen MR) is 69.1 cm³/mol. The van der Waals surface area contributed by atoms with Crippen molar-refractivity contribution in [1.82, 2.24) is 10.0 Å². The molecule has 0 rings (SSSR count). The monoisotopic (exact) mass is 275 g/mol. The van der Waals surface area contributed by atoms with Gasteiger partial charge in [0, 0.05) is 12.1 Å². The first-order valence-corrected chi connectivity index (χ1v) is 7.53. The third kappa shape index (κ3) is 5.47. The maximum Gasteiger partial charge on any atom is 0.240 e. The highest BCUT2D eigenvalue weighted by Gasteiger charge is 2.32. The summed E-state index contributed by atoms with van der Waals surface area (Å²) in [6.07, 6.45) is 1.46. The molecule has 1 atom stereocenters. The Bertz CT molecular complexity index is 451. The predicted octanol–water partition coefficient (Wildman–Crippen LogP) is 0.370. The maximum absolute atomic E-state index is 11.8. The lowest BCUT2D eigenvalue weighted by atomic mass is 9.88. The molecule has 0 radical (unpaired) electrons. The Hall–Kier alpha value is -1.13. The Morgan fingerprint density at radius 3 is 2.17 bits per heavy atom. The van der Waals surface area contributed by atoms with E-state index in [-0.39, 0.29) is 6.54 Å². The average Bonchev–Trinajstić information content (AvgIpc) is 2.21. The molecule has 2 N–H and O–H groups in total. The van der Waals surface area contributed by atoms with Crippen LogP contribution in [-0.2, 0) is 14.8 Å². The van der Waals surface area contributed by atoms with E-state index in [2.05, 4.69) is 10.0 Å². The van der Waals surface area contributed by atoms with E-state index in [1.165, 1.54) is 0 Å². The van der Waals surface area contributed by atoms with E-state index in [4.69, 9.17) is 5.26 Å². The smallest absolute Gasteiger partial charge is 0.240 e. The van der Waals surface area contributed by atoms with Gasteiger partial charge in [-0.25, -0.2) is 13.1 Å². The summed E-state index contributed by atoms with van der Waals surface area (Å²) in [5.41, 5.74) is -1.88. The topological polar surface area (TPSA) is 99.1 Å². The minimum absolute atomic E-state index is 0.121. The van der Waals surface area contributed by atoms with Crippen LogP contribution in [0.5, 0.6) is 0 Å². The molecule has 0 bridgehead atoms. The molecular weight excluding hydrogens is 254 g/mol. The Morgan fingerprint density at radius 2 is 1.83 bits per heavy atom. The Balaban J connectivity index is 4.60. The van der Waals surface area contributed by atoms with Gasteiger partial charge in [-0.1, -0.05) is 6.92 Å². The summed E-state index contributed by atoms with van der Waals surface area (Å²) in [6, 6.07) is 1.96. The van der Waals surface area contributed by atoms with Gasteiger partial charge in [0.1, 0.15) is 5.41 Å². The van der Waals surface area contributed by atoms with E-state index < -0.39 is 26.9 Å². The van der Waals surface area contributed by atoms with Gasteiger partial charge in [-0.15, -0.1) is 0 Å². The summed E-state index contributed by atoms with van der Waals surface area (Å²) >= 11 is 0.